The van der Waals surface area contributed by atoms with Gasteiger partial charge in [-0.25, -0.2) is 8.42 Å². The number of furan rings is 1. The van der Waals surface area contributed by atoms with E-state index < -0.39 is 9.84 Å². The Morgan fingerprint density at radius 1 is 1.07 bits per heavy atom. The molecule has 7 heteroatoms. The molecule has 1 unspecified atom stereocenters. The number of carbonyl (C=O) groups is 1. The van der Waals surface area contributed by atoms with Crippen LogP contribution in [-0.4, -0.2) is 36.8 Å². The number of rotatable bonds is 6. The maximum absolute atomic E-state index is 13.2. The number of hydrogen-bond donors (Lipinski definition) is 0. The third kappa shape index (κ3) is 4.96. The van der Waals surface area contributed by atoms with E-state index in [-0.39, 0.29) is 30.0 Å². The van der Waals surface area contributed by atoms with Crippen molar-refractivity contribution < 1.29 is 17.6 Å². The summed E-state index contributed by atoms with van der Waals surface area (Å²) in [5, 5.41) is 0.736. The largest absolute Gasteiger partial charge is 0.453 e. The zero-order chi connectivity index (χ0) is 21.1. The molecule has 3 aromatic rings. The van der Waals surface area contributed by atoms with Gasteiger partial charge in [0.25, 0.3) is 5.91 Å². The first-order valence-electron chi connectivity index (χ1n) is 9.79. The van der Waals surface area contributed by atoms with Crippen LogP contribution in [-0.2, 0) is 16.4 Å². The second-order valence-electron chi connectivity index (χ2n) is 7.49. The van der Waals surface area contributed by atoms with Crippen molar-refractivity contribution in [3.8, 4) is 0 Å². The first kappa shape index (κ1) is 20.8. The molecule has 1 aromatic heterocycles. The van der Waals surface area contributed by atoms with Gasteiger partial charge in [-0.3, -0.25) is 4.79 Å². The van der Waals surface area contributed by atoms with Crippen molar-refractivity contribution in [1.29, 1.82) is 0 Å². The molecule has 0 aliphatic carbocycles. The van der Waals surface area contributed by atoms with Crippen LogP contribution in [0.15, 0.2) is 81.1 Å². The summed E-state index contributed by atoms with van der Waals surface area (Å²) in [6.45, 7) is 2.28. The highest BCUT2D eigenvalue weighted by atomic mass is 32.2. The molecule has 0 spiro atoms. The summed E-state index contributed by atoms with van der Waals surface area (Å²) in [5.41, 5.74) is 1.74. The van der Waals surface area contributed by atoms with Crippen LogP contribution >= 0.6 is 11.8 Å². The van der Waals surface area contributed by atoms with Crippen LogP contribution in [0.4, 0.5) is 0 Å². The van der Waals surface area contributed by atoms with Crippen LogP contribution < -0.4 is 0 Å². The quantitative estimate of drug-likeness (QED) is 0.561. The zero-order valence-electron chi connectivity index (χ0n) is 16.7. The van der Waals surface area contributed by atoms with Gasteiger partial charge in [0.2, 0.25) is 0 Å². The minimum atomic E-state index is -3.12. The molecule has 156 valence electrons. The lowest BCUT2D eigenvalue weighted by atomic mass is 10.1. The van der Waals surface area contributed by atoms with Gasteiger partial charge in [-0.15, -0.1) is 0 Å². The molecule has 5 nitrogen and oxygen atoms in total. The summed E-state index contributed by atoms with van der Waals surface area (Å²) in [6.07, 6.45) is 0.451. The van der Waals surface area contributed by atoms with Crippen LogP contribution in [0.2, 0.25) is 0 Å². The van der Waals surface area contributed by atoms with Crippen LogP contribution in [0.25, 0.3) is 0 Å². The Balaban J connectivity index is 1.54. The molecule has 1 aliphatic rings. The van der Waals surface area contributed by atoms with Gasteiger partial charge in [0, 0.05) is 16.5 Å². The maximum Gasteiger partial charge on any atom is 0.254 e. The Labute approximate surface area is 181 Å². The number of nitrogens with zero attached hydrogens (tertiary/aromatic N) is 1. The fraction of sp³-hybridized carbons (Fsp3) is 0.261. The van der Waals surface area contributed by atoms with Gasteiger partial charge in [0.05, 0.1) is 18.1 Å². The van der Waals surface area contributed by atoms with E-state index in [0.717, 1.165) is 9.99 Å². The van der Waals surface area contributed by atoms with Crippen molar-refractivity contribution >= 4 is 27.5 Å². The smallest absolute Gasteiger partial charge is 0.254 e. The van der Waals surface area contributed by atoms with Crippen molar-refractivity contribution in [2.24, 2.45) is 0 Å². The van der Waals surface area contributed by atoms with E-state index in [0.29, 0.717) is 17.7 Å². The average Bonchev–Trinajstić information content (AvgIpc) is 3.33. The lowest BCUT2D eigenvalue weighted by Crippen LogP contribution is -2.40. The van der Waals surface area contributed by atoms with Crippen LogP contribution in [0.1, 0.15) is 28.1 Å². The highest BCUT2D eigenvalue weighted by Gasteiger charge is 2.35. The average molecular weight is 442 g/mol. The van der Waals surface area contributed by atoms with Gasteiger partial charge in [-0.1, -0.05) is 47.7 Å². The van der Waals surface area contributed by atoms with E-state index in [1.807, 2.05) is 49.4 Å². The lowest BCUT2D eigenvalue weighted by Gasteiger charge is -2.27. The molecule has 0 radical (unpaired) electrons. The lowest BCUT2D eigenvalue weighted by molar-refractivity contribution is 0.0663. The molecular formula is C23H23NO4S2. The van der Waals surface area contributed by atoms with Gasteiger partial charge in [0.15, 0.2) is 14.9 Å². The first-order valence-corrected chi connectivity index (χ1v) is 12.4. The monoisotopic (exact) mass is 441 g/mol. The Bertz CT molecular complexity index is 1120. The number of aryl methyl sites for hydroxylation is 1. The van der Waals surface area contributed by atoms with E-state index in [1.165, 1.54) is 17.3 Å². The SMILES string of the molecule is Cc1ccc(Sc2ccc(CN(C(=O)c3ccccc3)C3CCS(=O)(=O)C3)o2)cc1. The summed E-state index contributed by atoms with van der Waals surface area (Å²) in [6, 6.07) is 20.5. The summed E-state index contributed by atoms with van der Waals surface area (Å²) >= 11 is 1.52. The van der Waals surface area contributed by atoms with Gasteiger partial charge in [-0.2, -0.15) is 0 Å². The summed E-state index contributed by atoms with van der Waals surface area (Å²) in [5.74, 6) is 0.570. The number of benzene rings is 2. The molecule has 30 heavy (non-hydrogen) atoms. The van der Waals surface area contributed by atoms with Crippen molar-refractivity contribution in [1.82, 2.24) is 4.90 Å². The second-order valence-corrected chi connectivity index (χ2v) is 10.8. The molecular weight excluding hydrogens is 418 g/mol. The standard InChI is InChI=1S/C23H23NO4S2/c1-17-7-10-21(11-8-17)29-22-12-9-20(28-22)15-24(19-13-14-30(26,27)16-19)23(25)18-5-3-2-4-6-18/h2-12,19H,13-16H2,1H3. The van der Waals surface area contributed by atoms with E-state index >= 15 is 0 Å². The topological polar surface area (TPSA) is 67.6 Å². The fourth-order valence-corrected chi connectivity index (χ4v) is 6.04. The molecule has 1 atom stereocenters. The predicted molar refractivity (Wildman–Crippen MR) is 117 cm³/mol. The summed E-state index contributed by atoms with van der Waals surface area (Å²) in [7, 11) is -3.12. The second kappa shape index (κ2) is 8.70. The Morgan fingerprint density at radius 3 is 2.47 bits per heavy atom. The number of hydrogen-bond acceptors (Lipinski definition) is 5. The Morgan fingerprint density at radius 2 is 1.80 bits per heavy atom. The van der Waals surface area contributed by atoms with E-state index in [4.69, 9.17) is 4.42 Å². The van der Waals surface area contributed by atoms with E-state index in [1.54, 1.807) is 29.2 Å². The third-order valence-corrected chi connectivity index (χ3v) is 7.81. The van der Waals surface area contributed by atoms with Crippen molar-refractivity contribution in [3.63, 3.8) is 0 Å². The summed E-state index contributed by atoms with van der Waals surface area (Å²) in [4.78, 5) is 15.9. The summed E-state index contributed by atoms with van der Waals surface area (Å²) < 4.78 is 30.0. The van der Waals surface area contributed by atoms with E-state index in [9.17, 15) is 13.2 Å². The van der Waals surface area contributed by atoms with Crippen molar-refractivity contribution in [2.75, 3.05) is 11.5 Å². The highest BCUT2D eigenvalue weighted by Crippen LogP contribution is 2.30. The van der Waals surface area contributed by atoms with Crippen LogP contribution in [0.5, 0.6) is 0 Å². The molecule has 0 saturated carbocycles. The zero-order valence-corrected chi connectivity index (χ0v) is 18.3. The molecule has 0 N–H and O–H groups in total. The third-order valence-electron chi connectivity index (χ3n) is 5.13. The van der Waals surface area contributed by atoms with Gasteiger partial charge in [0.1, 0.15) is 5.76 Å². The van der Waals surface area contributed by atoms with Gasteiger partial charge in [-0.05, 0) is 49.7 Å². The molecule has 2 aromatic carbocycles. The van der Waals surface area contributed by atoms with Crippen LogP contribution in [0, 0.1) is 6.92 Å². The number of carbonyl (C=O) groups excluding carboxylic acids is 1. The minimum Gasteiger partial charge on any atom is -0.453 e. The highest BCUT2D eigenvalue weighted by molar-refractivity contribution is 7.99. The fourth-order valence-electron chi connectivity index (χ4n) is 3.52. The van der Waals surface area contributed by atoms with Gasteiger partial charge >= 0.3 is 0 Å². The molecule has 1 aliphatic heterocycles. The molecule has 0 bridgehead atoms. The first-order chi connectivity index (χ1) is 14.4. The number of sulfone groups is 1. The van der Waals surface area contributed by atoms with Crippen molar-refractivity contribution in [3.05, 3.63) is 83.6 Å². The molecule has 1 amide bonds. The molecule has 2 heterocycles. The normalized spacial score (nSPS) is 17.7. The maximum atomic E-state index is 13.2. The van der Waals surface area contributed by atoms with Crippen molar-refractivity contribution in [2.45, 2.75) is 35.9 Å². The molecule has 1 fully saturated rings. The molecule has 4 rings (SSSR count). The Kier molecular flexibility index (Phi) is 6.01. The predicted octanol–water partition coefficient (Wildman–Crippen LogP) is 4.57. The van der Waals surface area contributed by atoms with E-state index in [2.05, 4.69) is 0 Å². The molecule has 1 saturated heterocycles. The van der Waals surface area contributed by atoms with Gasteiger partial charge < -0.3 is 9.32 Å². The Hall–Kier alpha value is -2.51. The number of amides is 1. The minimum absolute atomic E-state index is 0.00272. The van der Waals surface area contributed by atoms with Crippen LogP contribution in [0.3, 0.4) is 0 Å².